The molecule has 0 amide bonds. The highest BCUT2D eigenvalue weighted by Gasteiger charge is 2.20. The van der Waals surface area contributed by atoms with E-state index in [0.29, 0.717) is 22.5 Å². The third-order valence-corrected chi connectivity index (χ3v) is 2.99. The van der Waals surface area contributed by atoms with Crippen molar-refractivity contribution in [1.29, 1.82) is 0 Å². The zero-order valence-corrected chi connectivity index (χ0v) is 10.3. The Morgan fingerprint density at radius 3 is 2.84 bits per heavy atom. The fraction of sp³-hybridized carbons (Fsp3) is 0. The van der Waals surface area contributed by atoms with Crippen LogP contribution >= 0.6 is 11.6 Å². The number of rotatable bonds is 2. The minimum atomic E-state index is -0.424. The van der Waals surface area contributed by atoms with Crippen molar-refractivity contribution in [3.63, 3.8) is 0 Å². The highest BCUT2D eigenvalue weighted by molar-refractivity contribution is 6.33. The number of nitrogens with two attached hydrogens (primary N) is 1. The lowest BCUT2D eigenvalue weighted by atomic mass is 10.0. The van der Waals surface area contributed by atoms with Gasteiger partial charge in [0.05, 0.1) is 16.3 Å². The van der Waals surface area contributed by atoms with E-state index in [1.807, 2.05) is 0 Å². The Bertz CT molecular complexity index is 723. The predicted octanol–water partition coefficient (Wildman–Crippen LogP) is 3.11. The summed E-state index contributed by atoms with van der Waals surface area (Å²) in [5.74, 6) is -0.315. The summed E-state index contributed by atoms with van der Waals surface area (Å²) in [5, 5.41) is 10.7. The van der Waals surface area contributed by atoms with Crippen molar-refractivity contribution in [2.45, 2.75) is 0 Å². The fourth-order valence-corrected chi connectivity index (χ4v) is 2.09. The summed E-state index contributed by atoms with van der Waals surface area (Å²) in [4.78, 5) is 0. The first-order valence-electron chi connectivity index (χ1n) is 5.37. The lowest BCUT2D eigenvalue weighted by Crippen LogP contribution is -1.89. The molecule has 2 heterocycles. The van der Waals surface area contributed by atoms with Crippen LogP contribution in [0.25, 0.3) is 22.5 Å². The molecule has 1 aromatic carbocycles. The zero-order valence-electron chi connectivity index (χ0n) is 9.52. The zero-order chi connectivity index (χ0) is 13.4. The molecule has 0 aliphatic carbocycles. The van der Waals surface area contributed by atoms with Gasteiger partial charge >= 0.3 is 0 Å². The van der Waals surface area contributed by atoms with Crippen LogP contribution in [0.5, 0.6) is 0 Å². The molecule has 3 N–H and O–H groups in total. The van der Waals surface area contributed by atoms with Crippen LogP contribution in [0.15, 0.2) is 35.0 Å². The molecule has 3 rings (SSSR count). The van der Waals surface area contributed by atoms with Crippen LogP contribution in [0.3, 0.4) is 0 Å². The average molecular weight is 279 g/mol. The summed E-state index contributed by atoms with van der Waals surface area (Å²) in [7, 11) is 0. The van der Waals surface area contributed by atoms with Gasteiger partial charge in [-0.25, -0.2) is 4.39 Å². The van der Waals surface area contributed by atoms with Crippen molar-refractivity contribution in [3.05, 3.63) is 41.3 Å². The molecule has 0 aliphatic heterocycles. The quantitative estimate of drug-likeness (QED) is 0.755. The van der Waals surface area contributed by atoms with Crippen LogP contribution < -0.4 is 5.73 Å². The SMILES string of the molecule is Nc1onc(-c2ccn[nH]2)c1-c1ccc(F)cc1Cl. The highest BCUT2D eigenvalue weighted by atomic mass is 35.5. The van der Waals surface area contributed by atoms with Gasteiger partial charge in [-0.15, -0.1) is 0 Å². The standard InChI is InChI=1S/C12H8ClFN4O/c13-8-5-6(14)1-2-7(8)10-11(18-19-12(10)15)9-3-4-16-17-9/h1-5H,15H2,(H,16,17). The third kappa shape index (κ3) is 1.96. The van der Waals surface area contributed by atoms with Gasteiger partial charge < -0.3 is 10.3 Å². The maximum atomic E-state index is 13.1. The van der Waals surface area contributed by atoms with Crippen molar-refractivity contribution in [2.75, 3.05) is 5.73 Å². The van der Waals surface area contributed by atoms with Gasteiger partial charge in [-0.3, -0.25) is 5.10 Å². The number of anilines is 1. The van der Waals surface area contributed by atoms with E-state index >= 15 is 0 Å². The van der Waals surface area contributed by atoms with E-state index in [2.05, 4.69) is 15.4 Å². The number of H-pyrrole nitrogens is 1. The van der Waals surface area contributed by atoms with Crippen molar-refractivity contribution in [3.8, 4) is 22.5 Å². The molecule has 0 spiro atoms. The Labute approximate surface area is 112 Å². The number of hydrogen-bond donors (Lipinski definition) is 2. The molecule has 0 saturated heterocycles. The van der Waals surface area contributed by atoms with Gasteiger partial charge in [-0.2, -0.15) is 5.10 Å². The Morgan fingerprint density at radius 1 is 1.32 bits per heavy atom. The molecule has 0 aliphatic rings. The largest absolute Gasteiger partial charge is 0.367 e. The van der Waals surface area contributed by atoms with Gasteiger partial charge in [0.1, 0.15) is 11.5 Å². The van der Waals surface area contributed by atoms with Gasteiger partial charge in [0.15, 0.2) is 0 Å². The van der Waals surface area contributed by atoms with E-state index in [0.717, 1.165) is 0 Å². The van der Waals surface area contributed by atoms with E-state index in [9.17, 15) is 4.39 Å². The van der Waals surface area contributed by atoms with E-state index in [-0.39, 0.29) is 10.9 Å². The first kappa shape index (κ1) is 11.7. The molecule has 5 nitrogen and oxygen atoms in total. The smallest absolute Gasteiger partial charge is 0.230 e. The summed E-state index contributed by atoms with van der Waals surface area (Å²) < 4.78 is 18.1. The summed E-state index contributed by atoms with van der Waals surface area (Å²) in [6, 6.07) is 5.75. The molecule has 2 aromatic heterocycles. The van der Waals surface area contributed by atoms with E-state index < -0.39 is 5.82 Å². The van der Waals surface area contributed by atoms with Crippen LogP contribution in [-0.4, -0.2) is 15.4 Å². The van der Waals surface area contributed by atoms with Crippen LogP contribution in [-0.2, 0) is 0 Å². The van der Waals surface area contributed by atoms with Crippen LogP contribution in [0.2, 0.25) is 5.02 Å². The number of aromatic nitrogens is 3. The highest BCUT2D eigenvalue weighted by Crippen LogP contribution is 2.39. The third-order valence-electron chi connectivity index (χ3n) is 2.67. The van der Waals surface area contributed by atoms with Crippen molar-refractivity contribution in [1.82, 2.24) is 15.4 Å². The first-order valence-corrected chi connectivity index (χ1v) is 5.75. The number of nitrogens with one attached hydrogen (secondary N) is 1. The molecular weight excluding hydrogens is 271 g/mol. The van der Waals surface area contributed by atoms with Gasteiger partial charge in [0, 0.05) is 11.8 Å². The van der Waals surface area contributed by atoms with Gasteiger partial charge in [-0.1, -0.05) is 16.8 Å². The fourth-order valence-electron chi connectivity index (χ4n) is 1.83. The Balaban J connectivity index is 2.22. The number of nitrogens with zero attached hydrogens (tertiary/aromatic N) is 2. The molecule has 0 unspecified atom stereocenters. The minimum Gasteiger partial charge on any atom is -0.367 e. The Kier molecular flexibility index (Phi) is 2.72. The van der Waals surface area contributed by atoms with E-state index in [1.54, 1.807) is 12.3 Å². The number of hydrogen-bond acceptors (Lipinski definition) is 4. The Morgan fingerprint density at radius 2 is 2.16 bits per heavy atom. The maximum absolute atomic E-state index is 13.1. The number of aromatic amines is 1. The Hall–Kier alpha value is -2.34. The van der Waals surface area contributed by atoms with Crippen LogP contribution in [0.4, 0.5) is 10.3 Å². The van der Waals surface area contributed by atoms with Crippen molar-refractivity contribution >= 4 is 17.5 Å². The van der Waals surface area contributed by atoms with Crippen LogP contribution in [0, 0.1) is 5.82 Å². The van der Waals surface area contributed by atoms with Crippen molar-refractivity contribution < 1.29 is 8.91 Å². The second-order valence-corrected chi connectivity index (χ2v) is 4.27. The predicted molar refractivity (Wildman–Crippen MR) is 68.9 cm³/mol. The molecule has 0 fully saturated rings. The van der Waals surface area contributed by atoms with Gasteiger partial charge in [-0.05, 0) is 24.3 Å². The number of halogens is 2. The van der Waals surface area contributed by atoms with Crippen molar-refractivity contribution in [2.24, 2.45) is 0 Å². The lowest BCUT2D eigenvalue weighted by molar-refractivity contribution is 0.439. The second kappa shape index (κ2) is 4.40. The summed E-state index contributed by atoms with van der Waals surface area (Å²) >= 11 is 6.04. The molecule has 0 atom stereocenters. The molecule has 3 aromatic rings. The lowest BCUT2D eigenvalue weighted by Gasteiger charge is -2.04. The minimum absolute atomic E-state index is 0.109. The number of benzene rings is 1. The topological polar surface area (TPSA) is 80.7 Å². The molecule has 19 heavy (non-hydrogen) atoms. The summed E-state index contributed by atoms with van der Waals surface area (Å²) in [5.41, 5.74) is 7.94. The van der Waals surface area contributed by atoms with E-state index in [1.165, 1.54) is 18.2 Å². The second-order valence-electron chi connectivity index (χ2n) is 3.86. The summed E-state index contributed by atoms with van der Waals surface area (Å²) in [6.45, 7) is 0. The normalized spacial score (nSPS) is 10.8. The molecule has 0 bridgehead atoms. The average Bonchev–Trinajstić information content (AvgIpc) is 2.99. The maximum Gasteiger partial charge on any atom is 0.230 e. The molecule has 0 saturated carbocycles. The molecule has 0 radical (unpaired) electrons. The van der Waals surface area contributed by atoms with Gasteiger partial charge in [0.2, 0.25) is 5.88 Å². The summed E-state index contributed by atoms with van der Waals surface area (Å²) in [6.07, 6.45) is 1.58. The van der Waals surface area contributed by atoms with Gasteiger partial charge in [0.25, 0.3) is 0 Å². The first-order chi connectivity index (χ1) is 9.16. The van der Waals surface area contributed by atoms with Crippen LogP contribution in [0.1, 0.15) is 0 Å². The molecular formula is C12H8ClFN4O. The molecule has 7 heteroatoms. The van der Waals surface area contributed by atoms with E-state index in [4.69, 9.17) is 21.9 Å². The monoisotopic (exact) mass is 278 g/mol. The number of nitrogen functional groups attached to an aromatic ring is 1. The molecule has 96 valence electrons.